The summed E-state index contributed by atoms with van der Waals surface area (Å²) >= 11 is 0. The molecule has 0 radical (unpaired) electrons. The first-order valence-corrected chi connectivity index (χ1v) is 9.84. The van der Waals surface area contributed by atoms with Crippen molar-refractivity contribution in [3.05, 3.63) is 76.0 Å². The Morgan fingerprint density at radius 3 is 2.66 bits per heavy atom. The summed E-state index contributed by atoms with van der Waals surface area (Å²) in [5, 5.41) is 22.8. The Labute approximate surface area is 187 Å². The van der Waals surface area contributed by atoms with Crippen LogP contribution in [0.2, 0.25) is 0 Å². The van der Waals surface area contributed by atoms with E-state index in [2.05, 4.69) is 26.3 Å². The van der Waals surface area contributed by atoms with E-state index >= 15 is 0 Å². The number of benzene rings is 1. The number of aryl methyl sites for hydroxylation is 1. The van der Waals surface area contributed by atoms with E-state index in [4.69, 9.17) is 10.00 Å². The van der Waals surface area contributed by atoms with E-state index in [0.717, 1.165) is 27.8 Å². The van der Waals surface area contributed by atoms with Gasteiger partial charge in [-0.05, 0) is 42.7 Å². The monoisotopic (exact) mass is 431 g/mol. The van der Waals surface area contributed by atoms with E-state index in [0.29, 0.717) is 35.7 Å². The second-order valence-corrected chi connectivity index (χ2v) is 7.41. The lowest BCUT2D eigenvalue weighted by Crippen LogP contribution is -2.23. The van der Waals surface area contributed by atoms with Crippen molar-refractivity contribution >= 4 is 5.97 Å². The van der Waals surface area contributed by atoms with Gasteiger partial charge >= 0.3 is 5.97 Å². The van der Waals surface area contributed by atoms with E-state index < -0.39 is 6.10 Å². The van der Waals surface area contributed by atoms with Crippen LogP contribution >= 0.6 is 0 Å². The van der Waals surface area contributed by atoms with Crippen molar-refractivity contribution in [2.45, 2.75) is 40.5 Å². The number of hydrogen-bond acceptors (Lipinski definition) is 8. The number of hydrogen-bond donors (Lipinski definition) is 2. The predicted molar refractivity (Wildman–Crippen MR) is 118 cm³/mol. The van der Waals surface area contributed by atoms with Gasteiger partial charge in [0.15, 0.2) is 0 Å². The number of cyclic esters (lactones) is 1. The zero-order valence-electron chi connectivity index (χ0n) is 17.2. The van der Waals surface area contributed by atoms with Crippen molar-refractivity contribution in [1.29, 1.82) is 5.26 Å². The number of aromatic nitrogens is 3. The van der Waals surface area contributed by atoms with Crippen LogP contribution in [0.3, 0.4) is 0 Å². The van der Waals surface area contributed by atoms with Gasteiger partial charge in [0.05, 0.1) is 29.5 Å². The average Bonchev–Trinajstić information content (AvgIpc) is 3.16. The summed E-state index contributed by atoms with van der Waals surface area (Å²) in [6.07, 6.45) is 4.20. The zero-order chi connectivity index (χ0) is 22.0. The first-order chi connectivity index (χ1) is 15.0. The van der Waals surface area contributed by atoms with Gasteiger partial charge < -0.3 is 15.2 Å². The third kappa shape index (κ3) is 4.49. The largest absolute Gasteiger partial charge is 0.457 e. The fourth-order valence-electron chi connectivity index (χ4n) is 3.57. The molecule has 8 nitrogen and oxygen atoms in total. The normalized spacial score (nSPS) is 13.0. The maximum atomic E-state index is 11.7. The van der Waals surface area contributed by atoms with Crippen LogP contribution in [0.5, 0.6) is 0 Å². The lowest BCUT2D eigenvalue weighted by molar-refractivity contribution is 0.0535. The molecule has 1 aliphatic heterocycles. The van der Waals surface area contributed by atoms with Crippen molar-refractivity contribution < 1.29 is 14.6 Å². The van der Waals surface area contributed by atoms with Crippen LogP contribution in [-0.2, 0) is 17.9 Å². The summed E-state index contributed by atoms with van der Waals surface area (Å²) in [4.78, 5) is 24.7. The number of carbonyl (C=O) groups excluding carboxylic acids is 1. The minimum atomic E-state index is -0.730. The van der Waals surface area contributed by atoms with Gasteiger partial charge in [-0.25, -0.2) is 14.8 Å². The van der Waals surface area contributed by atoms with E-state index in [1.54, 1.807) is 30.7 Å². The highest BCUT2D eigenvalue weighted by molar-refractivity contribution is 5.93. The Bertz CT molecular complexity index is 1190. The van der Waals surface area contributed by atoms with Gasteiger partial charge in [-0.3, -0.25) is 4.98 Å². The van der Waals surface area contributed by atoms with E-state index in [-0.39, 0.29) is 20.0 Å². The summed E-state index contributed by atoms with van der Waals surface area (Å²) in [6, 6.07) is 7.41. The third-order valence-corrected chi connectivity index (χ3v) is 5.42. The lowest BCUT2D eigenvalue weighted by atomic mass is 9.95. The van der Waals surface area contributed by atoms with E-state index in [1.807, 2.05) is 19.9 Å². The van der Waals surface area contributed by atoms with Gasteiger partial charge in [0.25, 0.3) is 0 Å². The highest BCUT2D eigenvalue weighted by atomic mass is 16.5. The van der Waals surface area contributed by atoms with Crippen molar-refractivity contribution in [1.82, 2.24) is 20.3 Å². The SMILES string of the molecule is C.Cc1cc(-c2cnc(CNC[C@H](O)c3ccc4c(c3C)COC4=O)nc2)ncc1C#N. The van der Waals surface area contributed by atoms with Gasteiger partial charge in [-0.1, -0.05) is 13.5 Å². The first kappa shape index (κ1) is 23.0. The molecule has 8 heteroatoms. The molecule has 164 valence electrons. The highest BCUT2D eigenvalue weighted by Crippen LogP contribution is 2.28. The molecule has 32 heavy (non-hydrogen) atoms. The average molecular weight is 431 g/mol. The number of ether oxygens (including phenoxy) is 1. The molecule has 0 unspecified atom stereocenters. The maximum Gasteiger partial charge on any atom is 0.338 e. The molecule has 0 fully saturated rings. The smallest absolute Gasteiger partial charge is 0.338 e. The van der Waals surface area contributed by atoms with E-state index in [1.165, 1.54) is 0 Å². The quantitative estimate of drug-likeness (QED) is 0.571. The lowest BCUT2D eigenvalue weighted by Gasteiger charge is -2.16. The topological polar surface area (TPSA) is 121 Å². The number of aliphatic hydroxyl groups excluding tert-OH is 1. The van der Waals surface area contributed by atoms with Crippen molar-refractivity contribution in [3.63, 3.8) is 0 Å². The number of nitrogens with zero attached hydrogens (tertiary/aromatic N) is 4. The van der Waals surface area contributed by atoms with E-state index in [9.17, 15) is 9.90 Å². The summed E-state index contributed by atoms with van der Waals surface area (Å²) in [6.45, 7) is 4.71. The number of esters is 1. The molecule has 0 spiro atoms. The second kappa shape index (κ2) is 9.64. The fraction of sp³-hybridized carbons (Fsp3) is 0.292. The highest BCUT2D eigenvalue weighted by Gasteiger charge is 2.25. The van der Waals surface area contributed by atoms with Crippen LogP contribution in [-0.4, -0.2) is 32.6 Å². The summed E-state index contributed by atoms with van der Waals surface area (Å²) in [5.74, 6) is 0.273. The molecule has 0 aliphatic carbocycles. The summed E-state index contributed by atoms with van der Waals surface area (Å²) < 4.78 is 5.07. The van der Waals surface area contributed by atoms with Crippen molar-refractivity contribution in [2.24, 2.45) is 0 Å². The summed E-state index contributed by atoms with van der Waals surface area (Å²) in [7, 11) is 0. The maximum absolute atomic E-state index is 11.7. The van der Waals surface area contributed by atoms with Crippen LogP contribution in [0.15, 0.2) is 36.8 Å². The number of pyridine rings is 1. The molecule has 1 aromatic carbocycles. The van der Waals surface area contributed by atoms with Crippen molar-refractivity contribution in [3.8, 4) is 17.3 Å². The van der Waals surface area contributed by atoms with Crippen molar-refractivity contribution in [2.75, 3.05) is 6.54 Å². The molecule has 0 saturated carbocycles. The number of carbonyl (C=O) groups is 1. The van der Waals surface area contributed by atoms with Crippen LogP contribution in [0.25, 0.3) is 11.3 Å². The molecule has 0 saturated heterocycles. The van der Waals surface area contributed by atoms with Gasteiger partial charge in [-0.2, -0.15) is 5.26 Å². The van der Waals surface area contributed by atoms with Crippen LogP contribution < -0.4 is 5.32 Å². The number of fused-ring (bicyclic) bond motifs is 1. The van der Waals surface area contributed by atoms with Crippen LogP contribution in [0.4, 0.5) is 0 Å². The van der Waals surface area contributed by atoms with Crippen LogP contribution in [0, 0.1) is 25.2 Å². The molecule has 1 aliphatic rings. The van der Waals surface area contributed by atoms with Gasteiger partial charge in [0.2, 0.25) is 0 Å². The van der Waals surface area contributed by atoms with Gasteiger partial charge in [-0.15, -0.1) is 0 Å². The van der Waals surface area contributed by atoms with Crippen LogP contribution in [0.1, 0.15) is 57.5 Å². The minimum Gasteiger partial charge on any atom is -0.457 e. The predicted octanol–water partition coefficient (Wildman–Crippen LogP) is 3.16. The Kier molecular flexibility index (Phi) is 6.93. The molecule has 2 N–H and O–H groups in total. The molecule has 0 amide bonds. The molecular weight excluding hydrogens is 406 g/mol. The molecule has 3 aromatic rings. The first-order valence-electron chi connectivity index (χ1n) is 9.84. The number of nitriles is 1. The Hall–Kier alpha value is -3.67. The minimum absolute atomic E-state index is 0. The van der Waals surface area contributed by atoms with Gasteiger partial charge in [0, 0.05) is 36.3 Å². The zero-order valence-corrected chi connectivity index (χ0v) is 17.2. The second-order valence-electron chi connectivity index (χ2n) is 7.41. The molecule has 2 aromatic heterocycles. The Morgan fingerprint density at radius 1 is 1.22 bits per heavy atom. The number of aliphatic hydroxyl groups is 1. The standard InChI is InChI=1S/C23H21N5O3.CH4/c1-13-5-20(26-7-15(13)6-24)16-8-27-22(28-9-16)11-25-10-21(29)17-3-4-18-19(14(17)2)12-31-23(18)30;/h3-5,7-9,21,25,29H,10-12H2,1-2H3;1H4/t21-;/m0./s1. The molecule has 0 bridgehead atoms. The fourth-order valence-corrected chi connectivity index (χ4v) is 3.57. The molecule has 4 rings (SSSR count). The molecule has 3 heterocycles. The third-order valence-electron chi connectivity index (χ3n) is 5.42. The molecular formula is C24H25N5O3. The number of rotatable bonds is 6. The Morgan fingerprint density at radius 2 is 1.97 bits per heavy atom. The molecule has 1 atom stereocenters. The number of nitrogens with one attached hydrogen (secondary N) is 1. The Balaban J connectivity index is 0.00000289. The summed E-state index contributed by atoms with van der Waals surface area (Å²) in [5.41, 5.74) is 5.93. The van der Waals surface area contributed by atoms with Gasteiger partial charge in [0.1, 0.15) is 18.5 Å².